The van der Waals surface area contributed by atoms with Crippen LogP contribution in [-0.4, -0.2) is 31.9 Å². The molecule has 106 valence electrons. The lowest BCUT2D eigenvalue weighted by molar-refractivity contribution is 0.0679. The van der Waals surface area contributed by atoms with Gasteiger partial charge in [-0.15, -0.1) is 0 Å². The van der Waals surface area contributed by atoms with Crippen LogP contribution in [0.5, 0.6) is 5.75 Å². The summed E-state index contributed by atoms with van der Waals surface area (Å²) in [6.07, 6.45) is 3.63. The molecule has 1 aliphatic heterocycles. The summed E-state index contributed by atoms with van der Waals surface area (Å²) in [5.41, 5.74) is 1.35. The van der Waals surface area contributed by atoms with E-state index in [1.807, 2.05) is 0 Å². The first kappa shape index (κ1) is 14.4. The summed E-state index contributed by atoms with van der Waals surface area (Å²) in [6, 6.07) is 8.94. The Balaban J connectivity index is 1.77. The van der Waals surface area contributed by atoms with Gasteiger partial charge < -0.3 is 14.8 Å². The first-order valence-electron chi connectivity index (χ1n) is 7.34. The van der Waals surface area contributed by atoms with E-state index in [1.165, 1.54) is 5.56 Å². The van der Waals surface area contributed by atoms with Crippen molar-refractivity contribution in [2.45, 2.75) is 45.3 Å². The number of rotatable bonds is 7. The van der Waals surface area contributed by atoms with Crippen molar-refractivity contribution >= 4 is 0 Å². The standard InChI is InChI=1S/C16H25NO2/c1-3-17-13(2)11-14-6-8-15(9-7-14)19-12-16-5-4-10-18-16/h6-9,13,16-17H,3-5,10-12H2,1-2H3. The first-order chi connectivity index (χ1) is 9.28. The zero-order chi connectivity index (χ0) is 13.5. The van der Waals surface area contributed by atoms with E-state index in [0.29, 0.717) is 12.6 Å². The molecular formula is C16H25NO2. The molecule has 1 aliphatic rings. The van der Waals surface area contributed by atoms with E-state index in [0.717, 1.165) is 38.2 Å². The highest BCUT2D eigenvalue weighted by atomic mass is 16.5. The maximum Gasteiger partial charge on any atom is 0.119 e. The summed E-state index contributed by atoms with van der Waals surface area (Å²) < 4.78 is 11.3. The van der Waals surface area contributed by atoms with Crippen molar-refractivity contribution in [2.24, 2.45) is 0 Å². The summed E-state index contributed by atoms with van der Waals surface area (Å²) in [6.45, 7) is 6.93. The minimum absolute atomic E-state index is 0.286. The summed E-state index contributed by atoms with van der Waals surface area (Å²) >= 11 is 0. The highest BCUT2D eigenvalue weighted by Crippen LogP contribution is 2.17. The van der Waals surface area contributed by atoms with E-state index in [1.54, 1.807) is 0 Å². The van der Waals surface area contributed by atoms with Crippen LogP contribution in [0, 0.1) is 0 Å². The van der Waals surface area contributed by atoms with Crippen LogP contribution >= 0.6 is 0 Å². The van der Waals surface area contributed by atoms with Crippen LogP contribution in [0.15, 0.2) is 24.3 Å². The molecule has 0 aliphatic carbocycles. The molecule has 2 unspecified atom stereocenters. The SMILES string of the molecule is CCNC(C)Cc1ccc(OCC2CCCO2)cc1. The normalized spacial score (nSPS) is 20.4. The highest BCUT2D eigenvalue weighted by molar-refractivity contribution is 5.27. The number of benzene rings is 1. The number of likely N-dealkylation sites (N-methyl/N-ethyl adjacent to an activating group) is 1. The van der Waals surface area contributed by atoms with Gasteiger partial charge in [-0.3, -0.25) is 0 Å². The van der Waals surface area contributed by atoms with Crippen molar-refractivity contribution in [1.29, 1.82) is 0 Å². The zero-order valence-corrected chi connectivity index (χ0v) is 12.0. The van der Waals surface area contributed by atoms with Gasteiger partial charge in [0.15, 0.2) is 0 Å². The molecule has 0 amide bonds. The fraction of sp³-hybridized carbons (Fsp3) is 0.625. The number of hydrogen-bond donors (Lipinski definition) is 1. The van der Waals surface area contributed by atoms with Gasteiger partial charge in [-0.25, -0.2) is 0 Å². The van der Waals surface area contributed by atoms with Gasteiger partial charge in [-0.05, 0) is 50.4 Å². The molecule has 1 fully saturated rings. The van der Waals surface area contributed by atoms with Crippen LogP contribution in [0.1, 0.15) is 32.3 Å². The maximum atomic E-state index is 5.76. The molecule has 0 spiro atoms. The monoisotopic (exact) mass is 263 g/mol. The molecule has 2 atom stereocenters. The maximum absolute atomic E-state index is 5.76. The van der Waals surface area contributed by atoms with Gasteiger partial charge in [-0.1, -0.05) is 19.1 Å². The Hall–Kier alpha value is -1.06. The first-order valence-corrected chi connectivity index (χ1v) is 7.34. The Bertz CT molecular complexity index is 358. The van der Waals surface area contributed by atoms with Gasteiger partial charge in [0.2, 0.25) is 0 Å². The lowest BCUT2D eigenvalue weighted by atomic mass is 10.1. The fourth-order valence-corrected chi connectivity index (χ4v) is 2.46. The summed E-state index contributed by atoms with van der Waals surface area (Å²) in [4.78, 5) is 0. The summed E-state index contributed by atoms with van der Waals surface area (Å²) in [5, 5.41) is 3.42. The van der Waals surface area contributed by atoms with Crippen LogP contribution in [0.3, 0.4) is 0 Å². The van der Waals surface area contributed by atoms with Crippen LogP contribution in [0.4, 0.5) is 0 Å². The molecule has 1 heterocycles. The Morgan fingerprint density at radius 2 is 2.16 bits per heavy atom. The van der Waals surface area contributed by atoms with E-state index in [-0.39, 0.29) is 6.10 Å². The zero-order valence-electron chi connectivity index (χ0n) is 12.0. The third-order valence-electron chi connectivity index (χ3n) is 3.48. The minimum Gasteiger partial charge on any atom is -0.491 e. The molecule has 1 aromatic carbocycles. The van der Waals surface area contributed by atoms with Crippen molar-refractivity contribution < 1.29 is 9.47 Å². The Morgan fingerprint density at radius 3 is 2.79 bits per heavy atom. The number of ether oxygens (including phenoxy) is 2. The molecule has 2 rings (SSSR count). The van der Waals surface area contributed by atoms with Crippen molar-refractivity contribution in [1.82, 2.24) is 5.32 Å². The lowest BCUT2D eigenvalue weighted by Crippen LogP contribution is -2.27. The lowest BCUT2D eigenvalue weighted by Gasteiger charge is -2.14. The highest BCUT2D eigenvalue weighted by Gasteiger charge is 2.15. The molecular weight excluding hydrogens is 238 g/mol. The minimum atomic E-state index is 0.286. The molecule has 1 N–H and O–H groups in total. The smallest absolute Gasteiger partial charge is 0.119 e. The Morgan fingerprint density at radius 1 is 1.37 bits per heavy atom. The van der Waals surface area contributed by atoms with Gasteiger partial charge >= 0.3 is 0 Å². The van der Waals surface area contributed by atoms with Gasteiger partial charge in [0.05, 0.1) is 6.10 Å². The third kappa shape index (κ3) is 4.84. The fourth-order valence-electron chi connectivity index (χ4n) is 2.46. The van der Waals surface area contributed by atoms with E-state index in [4.69, 9.17) is 9.47 Å². The van der Waals surface area contributed by atoms with Crippen LogP contribution in [-0.2, 0) is 11.2 Å². The molecule has 3 nitrogen and oxygen atoms in total. The second kappa shape index (κ2) is 7.51. The van der Waals surface area contributed by atoms with Crippen molar-refractivity contribution in [3.8, 4) is 5.75 Å². The predicted molar refractivity (Wildman–Crippen MR) is 77.8 cm³/mol. The second-order valence-electron chi connectivity index (χ2n) is 5.25. The predicted octanol–water partition coefficient (Wildman–Crippen LogP) is 2.78. The average molecular weight is 263 g/mol. The third-order valence-corrected chi connectivity index (χ3v) is 3.48. The average Bonchev–Trinajstić information content (AvgIpc) is 2.91. The van der Waals surface area contributed by atoms with Crippen molar-refractivity contribution in [3.05, 3.63) is 29.8 Å². The molecule has 0 radical (unpaired) electrons. The quantitative estimate of drug-likeness (QED) is 0.820. The number of nitrogens with one attached hydrogen (secondary N) is 1. The molecule has 1 aromatic rings. The largest absolute Gasteiger partial charge is 0.491 e. The number of hydrogen-bond acceptors (Lipinski definition) is 3. The topological polar surface area (TPSA) is 30.5 Å². The Kier molecular flexibility index (Phi) is 5.67. The van der Waals surface area contributed by atoms with Gasteiger partial charge in [0.25, 0.3) is 0 Å². The van der Waals surface area contributed by atoms with E-state index < -0.39 is 0 Å². The van der Waals surface area contributed by atoms with Crippen LogP contribution in [0.25, 0.3) is 0 Å². The van der Waals surface area contributed by atoms with Crippen molar-refractivity contribution in [2.75, 3.05) is 19.8 Å². The van der Waals surface area contributed by atoms with E-state index in [2.05, 4.69) is 43.4 Å². The molecule has 0 aromatic heterocycles. The molecule has 19 heavy (non-hydrogen) atoms. The summed E-state index contributed by atoms with van der Waals surface area (Å²) in [5.74, 6) is 0.940. The summed E-state index contributed by atoms with van der Waals surface area (Å²) in [7, 11) is 0. The molecule has 0 saturated carbocycles. The van der Waals surface area contributed by atoms with Crippen LogP contribution < -0.4 is 10.1 Å². The van der Waals surface area contributed by atoms with E-state index in [9.17, 15) is 0 Å². The molecule has 3 heteroatoms. The van der Waals surface area contributed by atoms with Gasteiger partial charge in [0, 0.05) is 12.6 Å². The van der Waals surface area contributed by atoms with Crippen molar-refractivity contribution in [3.63, 3.8) is 0 Å². The van der Waals surface area contributed by atoms with Gasteiger partial charge in [0.1, 0.15) is 12.4 Å². The molecule has 1 saturated heterocycles. The Labute approximate surface area is 116 Å². The van der Waals surface area contributed by atoms with E-state index >= 15 is 0 Å². The van der Waals surface area contributed by atoms with Gasteiger partial charge in [-0.2, -0.15) is 0 Å². The van der Waals surface area contributed by atoms with Crippen LogP contribution in [0.2, 0.25) is 0 Å². The second-order valence-corrected chi connectivity index (χ2v) is 5.25. The molecule has 0 bridgehead atoms.